The smallest absolute Gasteiger partial charge is 0.407 e. The Kier molecular flexibility index (Phi) is 6.22. The predicted molar refractivity (Wildman–Crippen MR) is 82.1 cm³/mol. The molecule has 122 valence electrons. The molecular formula is C16H23NO5. The number of ether oxygens (including phenoxy) is 2. The van der Waals surface area contributed by atoms with Gasteiger partial charge in [-0.2, -0.15) is 0 Å². The van der Waals surface area contributed by atoms with Crippen LogP contribution in [0.25, 0.3) is 0 Å². The number of nitrogens with one attached hydrogen (secondary N) is 1. The fraction of sp³-hybridized carbons (Fsp3) is 0.500. The minimum absolute atomic E-state index is 0.0102. The summed E-state index contributed by atoms with van der Waals surface area (Å²) >= 11 is 0. The summed E-state index contributed by atoms with van der Waals surface area (Å²) in [6.07, 6.45) is -0.303. The lowest BCUT2D eigenvalue weighted by Gasteiger charge is -2.21. The number of alkyl carbamates (subject to hydrolysis) is 1. The summed E-state index contributed by atoms with van der Waals surface area (Å²) in [6, 6.07) is 7.16. The maximum absolute atomic E-state index is 11.6. The van der Waals surface area contributed by atoms with Gasteiger partial charge in [0.25, 0.3) is 0 Å². The van der Waals surface area contributed by atoms with Crippen molar-refractivity contribution in [1.29, 1.82) is 0 Å². The fourth-order valence-corrected chi connectivity index (χ4v) is 1.81. The second kappa shape index (κ2) is 7.68. The number of benzene rings is 1. The van der Waals surface area contributed by atoms with E-state index in [9.17, 15) is 14.7 Å². The van der Waals surface area contributed by atoms with Crippen LogP contribution in [0.5, 0.6) is 5.75 Å². The summed E-state index contributed by atoms with van der Waals surface area (Å²) in [4.78, 5) is 22.9. The van der Waals surface area contributed by atoms with E-state index in [2.05, 4.69) is 5.32 Å². The average molecular weight is 309 g/mol. The largest absolute Gasteiger partial charge is 0.497 e. The Morgan fingerprint density at radius 3 is 2.27 bits per heavy atom. The minimum atomic E-state index is -0.966. The topological polar surface area (TPSA) is 84.9 Å². The first-order chi connectivity index (χ1) is 10.2. The molecule has 2 N–H and O–H groups in total. The van der Waals surface area contributed by atoms with Gasteiger partial charge in [0.15, 0.2) is 0 Å². The van der Waals surface area contributed by atoms with Gasteiger partial charge in [-0.05, 0) is 44.9 Å². The van der Waals surface area contributed by atoms with Crippen LogP contribution >= 0.6 is 0 Å². The zero-order chi connectivity index (χ0) is 16.8. The van der Waals surface area contributed by atoms with E-state index < -0.39 is 23.6 Å². The summed E-state index contributed by atoms with van der Waals surface area (Å²) in [7, 11) is 1.57. The molecule has 1 amide bonds. The SMILES string of the molecule is COc1ccc(CC(CNC(=O)OC(C)(C)C)C(=O)O)cc1. The lowest BCUT2D eigenvalue weighted by molar-refractivity contribution is -0.141. The molecule has 1 aromatic rings. The maximum Gasteiger partial charge on any atom is 0.407 e. The van der Waals surface area contributed by atoms with E-state index >= 15 is 0 Å². The van der Waals surface area contributed by atoms with Crippen molar-refractivity contribution in [2.24, 2.45) is 5.92 Å². The molecule has 0 saturated carbocycles. The number of carboxylic acid groups (broad SMARTS) is 1. The van der Waals surface area contributed by atoms with Crippen molar-refractivity contribution in [3.05, 3.63) is 29.8 Å². The summed E-state index contributed by atoms with van der Waals surface area (Å²) in [5.74, 6) is -0.977. The molecule has 0 aliphatic carbocycles. The van der Waals surface area contributed by atoms with Gasteiger partial charge in [-0.1, -0.05) is 12.1 Å². The van der Waals surface area contributed by atoms with Crippen LogP contribution in [0.4, 0.5) is 4.79 Å². The van der Waals surface area contributed by atoms with E-state index in [4.69, 9.17) is 9.47 Å². The maximum atomic E-state index is 11.6. The van der Waals surface area contributed by atoms with Crippen LogP contribution in [0.15, 0.2) is 24.3 Å². The van der Waals surface area contributed by atoms with Gasteiger partial charge in [-0.3, -0.25) is 4.79 Å². The van der Waals surface area contributed by atoms with E-state index in [0.717, 1.165) is 5.56 Å². The van der Waals surface area contributed by atoms with E-state index in [1.54, 1.807) is 40.0 Å². The minimum Gasteiger partial charge on any atom is -0.497 e. The third kappa shape index (κ3) is 6.47. The van der Waals surface area contributed by atoms with E-state index in [-0.39, 0.29) is 6.54 Å². The third-order valence-corrected chi connectivity index (χ3v) is 2.88. The highest BCUT2D eigenvalue weighted by Crippen LogP contribution is 2.15. The van der Waals surface area contributed by atoms with Crippen LogP contribution in [0, 0.1) is 5.92 Å². The molecule has 0 radical (unpaired) electrons. The summed E-state index contributed by atoms with van der Waals surface area (Å²) in [5, 5.41) is 11.8. The fourth-order valence-electron chi connectivity index (χ4n) is 1.81. The molecule has 22 heavy (non-hydrogen) atoms. The van der Waals surface area contributed by atoms with Crippen LogP contribution < -0.4 is 10.1 Å². The highest BCUT2D eigenvalue weighted by molar-refractivity contribution is 5.73. The van der Waals surface area contributed by atoms with Gasteiger partial charge in [0, 0.05) is 6.54 Å². The van der Waals surface area contributed by atoms with Gasteiger partial charge >= 0.3 is 12.1 Å². The summed E-state index contributed by atoms with van der Waals surface area (Å²) in [6.45, 7) is 5.26. The van der Waals surface area contributed by atoms with E-state index in [1.807, 2.05) is 12.1 Å². The van der Waals surface area contributed by atoms with Crippen molar-refractivity contribution >= 4 is 12.1 Å². The normalized spacial score (nSPS) is 12.4. The third-order valence-electron chi connectivity index (χ3n) is 2.88. The first kappa shape index (κ1) is 17.8. The van der Waals surface area contributed by atoms with Gasteiger partial charge in [0.05, 0.1) is 13.0 Å². The average Bonchev–Trinajstić information content (AvgIpc) is 2.41. The Hall–Kier alpha value is -2.24. The van der Waals surface area contributed by atoms with Gasteiger partial charge in [0.1, 0.15) is 11.4 Å². The van der Waals surface area contributed by atoms with Crippen LogP contribution in [-0.2, 0) is 16.0 Å². The van der Waals surface area contributed by atoms with Crippen molar-refractivity contribution < 1.29 is 24.2 Å². The Balaban J connectivity index is 2.58. The van der Waals surface area contributed by atoms with Crippen molar-refractivity contribution in [2.75, 3.05) is 13.7 Å². The number of carbonyl (C=O) groups is 2. The molecule has 6 nitrogen and oxygen atoms in total. The number of carbonyl (C=O) groups excluding carboxylic acids is 1. The lowest BCUT2D eigenvalue weighted by atomic mass is 9.99. The molecule has 0 saturated heterocycles. The van der Waals surface area contributed by atoms with Gasteiger partial charge in [-0.15, -0.1) is 0 Å². The van der Waals surface area contributed by atoms with Crippen molar-refractivity contribution in [1.82, 2.24) is 5.32 Å². The molecular weight excluding hydrogens is 286 g/mol. The lowest BCUT2D eigenvalue weighted by Crippen LogP contribution is -2.37. The van der Waals surface area contributed by atoms with Crippen molar-refractivity contribution in [2.45, 2.75) is 32.8 Å². The zero-order valence-corrected chi connectivity index (χ0v) is 13.4. The van der Waals surface area contributed by atoms with Gasteiger partial charge in [-0.25, -0.2) is 4.79 Å². The molecule has 1 unspecified atom stereocenters. The molecule has 0 fully saturated rings. The Morgan fingerprint density at radius 1 is 1.23 bits per heavy atom. The molecule has 0 spiro atoms. The quantitative estimate of drug-likeness (QED) is 0.843. The summed E-state index contributed by atoms with van der Waals surface area (Å²) < 4.78 is 10.1. The zero-order valence-electron chi connectivity index (χ0n) is 13.4. The molecule has 1 rings (SSSR count). The Bertz CT molecular complexity index is 504. The molecule has 0 aliphatic heterocycles. The first-order valence-corrected chi connectivity index (χ1v) is 7.04. The molecule has 1 atom stereocenters. The standard InChI is InChI=1S/C16H23NO5/c1-16(2,3)22-15(20)17-10-12(14(18)19)9-11-5-7-13(21-4)8-6-11/h5-8,12H,9-10H2,1-4H3,(H,17,20)(H,18,19). The van der Waals surface area contributed by atoms with Crippen molar-refractivity contribution in [3.63, 3.8) is 0 Å². The molecule has 0 aromatic heterocycles. The van der Waals surface area contributed by atoms with Crippen LogP contribution in [0.1, 0.15) is 26.3 Å². The number of carboxylic acids is 1. The monoisotopic (exact) mass is 309 g/mol. The highest BCUT2D eigenvalue weighted by atomic mass is 16.6. The molecule has 0 heterocycles. The molecule has 0 bridgehead atoms. The Morgan fingerprint density at radius 2 is 1.82 bits per heavy atom. The first-order valence-electron chi connectivity index (χ1n) is 7.04. The van der Waals surface area contributed by atoms with Crippen LogP contribution in [-0.4, -0.2) is 36.4 Å². The van der Waals surface area contributed by atoms with Crippen LogP contribution in [0.2, 0.25) is 0 Å². The number of hydrogen-bond donors (Lipinski definition) is 2. The number of hydrogen-bond acceptors (Lipinski definition) is 4. The Labute approximate surface area is 130 Å². The number of rotatable bonds is 6. The number of aliphatic carboxylic acids is 1. The molecule has 0 aliphatic rings. The molecule has 6 heteroatoms. The van der Waals surface area contributed by atoms with Gasteiger partial charge < -0.3 is 19.9 Å². The van der Waals surface area contributed by atoms with Gasteiger partial charge in [0.2, 0.25) is 0 Å². The summed E-state index contributed by atoms with van der Waals surface area (Å²) in [5.41, 5.74) is 0.248. The van der Waals surface area contributed by atoms with E-state index in [0.29, 0.717) is 12.2 Å². The van der Waals surface area contributed by atoms with E-state index in [1.165, 1.54) is 0 Å². The van der Waals surface area contributed by atoms with Crippen molar-refractivity contribution in [3.8, 4) is 5.75 Å². The highest BCUT2D eigenvalue weighted by Gasteiger charge is 2.21. The predicted octanol–water partition coefficient (Wildman–Crippen LogP) is 2.46. The number of amides is 1. The number of methoxy groups -OCH3 is 1. The second-order valence-electron chi connectivity index (χ2n) is 5.97. The van der Waals surface area contributed by atoms with Crippen LogP contribution in [0.3, 0.4) is 0 Å². The second-order valence-corrected chi connectivity index (χ2v) is 5.97. The molecule has 1 aromatic carbocycles.